The van der Waals surface area contributed by atoms with E-state index in [9.17, 15) is 4.79 Å². The van der Waals surface area contributed by atoms with Gasteiger partial charge in [0.1, 0.15) is 6.61 Å². The number of hydrogen-bond acceptors (Lipinski definition) is 3. The monoisotopic (exact) mass is 172 g/mol. The first kappa shape index (κ1) is 9.48. The fraction of sp³-hybridized carbons (Fsp3) is 0.875. The zero-order chi connectivity index (χ0) is 9.14. The normalized spacial score (nSPS) is 19.6. The quantitative estimate of drug-likeness (QED) is 0.626. The first-order valence-electron chi connectivity index (χ1n) is 4.23. The van der Waals surface area contributed by atoms with Crippen molar-refractivity contribution >= 4 is 5.91 Å². The number of ether oxygens (including phenoxy) is 1. The van der Waals surface area contributed by atoms with E-state index in [2.05, 4.69) is 18.7 Å². The SMILES string of the molecule is CC(C)N1CC(OCC(N)=O)C1. The Labute approximate surface area is 72.7 Å². The van der Waals surface area contributed by atoms with Crippen molar-refractivity contribution in [1.29, 1.82) is 0 Å². The van der Waals surface area contributed by atoms with Gasteiger partial charge < -0.3 is 10.5 Å². The summed E-state index contributed by atoms with van der Waals surface area (Å²) in [6.45, 7) is 6.18. The van der Waals surface area contributed by atoms with Gasteiger partial charge in [0.05, 0.1) is 6.10 Å². The lowest BCUT2D eigenvalue weighted by Gasteiger charge is -2.41. The molecule has 4 nitrogen and oxygen atoms in total. The Kier molecular flexibility index (Phi) is 3.05. The molecule has 0 unspecified atom stereocenters. The molecule has 1 fully saturated rings. The predicted octanol–water partition coefficient (Wildman–Crippen LogP) is -0.419. The maximum Gasteiger partial charge on any atom is 0.243 e. The molecule has 0 aliphatic carbocycles. The molecule has 0 aromatic heterocycles. The van der Waals surface area contributed by atoms with E-state index in [4.69, 9.17) is 10.5 Å². The highest BCUT2D eigenvalue weighted by Gasteiger charge is 2.29. The molecule has 0 atom stereocenters. The van der Waals surface area contributed by atoms with Crippen LogP contribution in [-0.2, 0) is 9.53 Å². The standard InChI is InChI=1S/C8H16N2O2/c1-6(2)10-3-7(4-10)12-5-8(9)11/h6-7H,3-5H2,1-2H3,(H2,9,11). The van der Waals surface area contributed by atoms with Gasteiger partial charge in [0, 0.05) is 19.1 Å². The number of hydrogen-bond donors (Lipinski definition) is 1. The van der Waals surface area contributed by atoms with E-state index < -0.39 is 5.91 Å². The molecule has 70 valence electrons. The van der Waals surface area contributed by atoms with E-state index in [-0.39, 0.29) is 12.7 Å². The van der Waals surface area contributed by atoms with Crippen molar-refractivity contribution < 1.29 is 9.53 Å². The summed E-state index contributed by atoms with van der Waals surface area (Å²) in [5.41, 5.74) is 4.94. The smallest absolute Gasteiger partial charge is 0.243 e. The number of nitrogens with two attached hydrogens (primary N) is 1. The molecule has 0 aromatic carbocycles. The summed E-state index contributed by atoms with van der Waals surface area (Å²) >= 11 is 0. The van der Waals surface area contributed by atoms with Crippen LogP contribution in [0.3, 0.4) is 0 Å². The number of nitrogens with zero attached hydrogens (tertiary/aromatic N) is 1. The van der Waals surface area contributed by atoms with E-state index in [1.165, 1.54) is 0 Å². The third-order valence-corrected chi connectivity index (χ3v) is 2.07. The van der Waals surface area contributed by atoms with Crippen LogP contribution in [0.2, 0.25) is 0 Å². The summed E-state index contributed by atoms with van der Waals surface area (Å²) < 4.78 is 5.20. The molecule has 1 rings (SSSR count). The van der Waals surface area contributed by atoms with Crippen LogP contribution in [0.4, 0.5) is 0 Å². The number of rotatable bonds is 4. The molecule has 0 spiro atoms. The lowest BCUT2D eigenvalue weighted by Crippen LogP contribution is -2.55. The van der Waals surface area contributed by atoms with Crippen molar-refractivity contribution in [2.75, 3.05) is 19.7 Å². The van der Waals surface area contributed by atoms with Gasteiger partial charge in [-0.3, -0.25) is 9.69 Å². The van der Waals surface area contributed by atoms with E-state index in [0.29, 0.717) is 6.04 Å². The Morgan fingerprint density at radius 3 is 2.67 bits per heavy atom. The van der Waals surface area contributed by atoms with Crippen LogP contribution in [0, 0.1) is 0 Å². The number of primary amides is 1. The van der Waals surface area contributed by atoms with Crippen LogP contribution in [-0.4, -0.2) is 42.6 Å². The van der Waals surface area contributed by atoms with Crippen LogP contribution in [0.25, 0.3) is 0 Å². The van der Waals surface area contributed by atoms with Crippen LogP contribution in [0.15, 0.2) is 0 Å². The number of carbonyl (C=O) groups excluding carboxylic acids is 1. The largest absolute Gasteiger partial charge is 0.368 e. The number of amides is 1. The molecule has 1 aliphatic heterocycles. The number of likely N-dealkylation sites (tertiary alicyclic amines) is 1. The van der Waals surface area contributed by atoms with Crippen molar-refractivity contribution in [1.82, 2.24) is 4.90 Å². The maximum absolute atomic E-state index is 10.3. The van der Waals surface area contributed by atoms with Gasteiger partial charge in [0.25, 0.3) is 0 Å². The lowest BCUT2D eigenvalue weighted by molar-refractivity contribution is -0.130. The Morgan fingerprint density at radius 1 is 1.67 bits per heavy atom. The summed E-state index contributed by atoms with van der Waals surface area (Å²) in [6, 6.07) is 0.568. The Hall–Kier alpha value is -0.610. The Balaban J connectivity index is 2.06. The average Bonchev–Trinajstić information content (AvgIpc) is 1.82. The molecule has 12 heavy (non-hydrogen) atoms. The molecule has 0 bridgehead atoms. The van der Waals surface area contributed by atoms with Gasteiger partial charge in [-0.25, -0.2) is 0 Å². The molecule has 1 saturated heterocycles. The lowest BCUT2D eigenvalue weighted by atomic mass is 10.1. The highest BCUT2D eigenvalue weighted by molar-refractivity contribution is 5.75. The molecular weight excluding hydrogens is 156 g/mol. The van der Waals surface area contributed by atoms with Crippen LogP contribution < -0.4 is 5.73 Å². The minimum Gasteiger partial charge on any atom is -0.368 e. The molecule has 0 aromatic rings. The van der Waals surface area contributed by atoms with Crippen LogP contribution in [0.5, 0.6) is 0 Å². The van der Waals surface area contributed by atoms with Gasteiger partial charge in [0.15, 0.2) is 0 Å². The van der Waals surface area contributed by atoms with Crippen molar-refractivity contribution in [2.24, 2.45) is 5.73 Å². The van der Waals surface area contributed by atoms with Crippen molar-refractivity contribution in [2.45, 2.75) is 26.0 Å². The van der Waals surface area contributed by atoms with Crippen LogP contribution >= 0.6 is 0 Å². The third-order valence-electron chi connectivity index (χ3n) is 2.07. The van der Waals surface area contributed by atoms with Crippen LogP contribution in [0.1, 0.15) is 13.8 Å². The minimum absolute atomic E-state index is 0.0522. The summed E-state index contributed by atoms with van der Waals surface area (Å²) in [4.78, 5) is 12.6. The van der Waals surface area contributed by atoms with Crippen molar-refractivity contribution in [3.63, 3.8) is 0 Å². The summed E-state index contributed by atoms with van der Waals surface area (Å²) in [7, 11) is 0. The van der Waals surface area contributed by atoms with E-state index in [0.717, 1.165) is 13.1 Å². The average molecular weight is 172 g/mol. The highest BCUT2D eigenvalue weighted by atomic mass is 16.5. The molecule has 0 radical (unpaired) electrons. The van der Waals surface area contributed by atoms with Gasteiger partial charge in [-0.15, -0.1) is 0 Å². The molecule has 1 amide bonds. The van der Waals surface area contributed by atoms with Gasteiger partial charge in [0.2, 0.25) is 5.91 Å². The van der Waals surface area contributed by atoms with Gasteiger partial charge >= 0.3 is 0 Å². The topological polar surface area (TPSA) is 55.6 Å². The molecular formula is C8H16N2O2. The molecule has 2 N–H and O–H groups in total. The maximum atomic E-state index is 10.3. The first-order valence-corrected chi connectivity index (χ1v) is 4.23. The third kappa shape index (κ3) is 2.46. The Morgan fingerprint density at radius 2 is 2.25 bits per heavy atom. The second-order valence-corrected chi connectivity index (χ2v) is 3.45. The van der Waals surface area contributed by atoms with Gasteiger partial charge in [-0.1, -0.05) is 0 Å². The zero-order valence-corrected chi connectivity index (χ0v) is 7.62. The molecule has 1 heterocycles. The second-order valence-electron chi connectivity index (χ2n) is 3.45. The number of carbonyl (C=O) groups is 1. The first-order chi connectivity index (χ1) is 5.59. The molecule has 4 heteroatoms. The van der Waals surface area contributed by atoms with Crippen molar-refractivity contribution in [3.8, 4) is 0 Å². The summed E-state index contributed by atoms with van der Waals surface area (Å²) in [6.07, 6.45) is 0.208. The summed E-state index contributed by atoms with van der Waals surface area (Å²) in [5, 5.41) is 0. The van der Waals surface area contributed by atoms with E-state index in [1.807, 2.05) is 0 Å². The van der Waals surface area contributed by atoms with E-state index in [1.54, 1.807) is 0 Å². The van der Waals surface area contributed by atoms with Gasteiger partial charge in [-0.2, -0.15) is 0 Å². The highest BCUT2D eigenvalue weighted by Crippen LogP contribution is 2.14. The zero-order valence-electron chi connectivity index (χ0n) is 7.62. The van der Waals surface area contributed by atoms with E-state index >= 15 is 0 Å². The second kappa shape index (κ2) is 3.87. The molecule has 0 saturated carbocycles. The fourth-order valence-corrected chi connectivity index (χ4v) is 1.20. The minimum atomic E-state index is -0.391. The van der Waals surface area contributed by atoms with Gasteiger partial charge in [-0.05, 0) is 13.8 Å². The summed E-state index contributed by atoms with van der Waals surface area (Å²) in [5.74, 6) is -0.391. The predicted molar refractivity (Wildman–Crippen MR) is 45.6 cm³/mol. The van der Waals surface area contributed by atoms with Crippen molar-refractivity contribution in [3.05, 3.63) is 0 Å². The Bertz CT molecular complexity index is 164. The molecule has 1 aliphatic rings. The fourth-order valence-electron chi connectivity index (χ4n) is 1.20.